The number of aryl methyl sites for hydroxylation is 1. The number of hydrogen-bond acceptors (Lipinski definition) is 5. The summed E-state index contributed by atoms with van der Waals surface area (Å²) in [5, 5.41) is 12.9. The summed E-state index contributed by atoms with van der Waals surface area (Å²) in [6.45, 7) is 12.5. The summed E-state index contributed by atoms with van der Waals surface area (Å²) in [6.07, 6.45) is 3.27. The molecule has 2 aromatic heterocycles. The summed E-state index contributed by atoms with van der Waals surface area (Å²) in [6, 6.07) is 8.02. The normalized spacial score (nSPS) is 13.6. The van der Waals surface area contributed by atoms with Crippen LogP contribution in [0.4, 0.5) is 0 Å². The van der Waals surface area contributed by atoms with Gasteiger partial charge in [-0.05, 0) is 25.0 Å². The number of fused-ring (bicyclic) bond motifs is 1. The van der Waals surface area contributed by atoms with Gasteiger partial charge >= 0.3 is 0 Å². The maximum Gasteiger partial charge on any atom is 0.260 e. The van der Waals surface area contributed by atoms with Gasteiger partial charge in [-0.1, -0.05) is 36.4 Å². The van der Waals surface area contributed by atoms with Gasteiger partial charge in [-0.25, -0.2) is 4.98 Å². The van der Waals surface area contributed by atoms with E-state index in [4.69, 9.17) is 0 Å². The van der Waals surface area contributed by atoms with Crippen LogP contribution in [0.3, 0.4) is 0 Å². The number of aliphatic hydroxyl groups is 1. The summed E-state index contributed by atoms with van der Waals surface area (Å²) in [7, 11) is 0. The third-order valence-corrected chi connectivity index (χ3v) is 5.54. The van der Waals surface area contributed by atoms with E-state index < -0.39 is 5.60 Å². The highest BCUT2D eigenvalue weighted by molar-refractivity contribution is 7.17. The molecule has 2 N–H and O–H groups in total. The monoisotopic (exact) mass is 395 g/mol. The summed E-state index contributed by atoms with van der Waals surface area (Å²) in [4.78, 5) is 23.1. The van der Waals surface area contributed by atoms with Crippen molar-refractivity contribution in [2.75, 3.05) is 13.1 Å². The maximum absolute atomic E-state index is 12.9. The lowest BCUT2D eigenvalue weighted by Gasteiger charge is -2.28. The molecule has 0 aliphatic heterocycles. The van der Waals surface area contributed by atoms with Gasteiger partial charge in [0.15, 0.2) is 0 Å². The van der Waals surface area contributed by atoms with Gasteiger partial charge in [0.05, 0.1) is 17.5 Å². The third kappa shape index (κ3) is 4.30. The lowest BCUT2D eigenvalue weighted by molar-refractivity contribution is 0.0627. The van der Waals surface area contributed by atoms with Crippen LogP contribution < -0.4 is 5.56 Å². The number of hydrogen-bond donors (Lipinski definition) is 2. The second-order valence-corrected chi connectivity index (χ2v) is 8.03. The zero-order valence-electron chi connectivity index (χ0n) is 16.2. The lowest BCUT2D eigenvalue weighted by Crippen LogP contribution is -2.39. The average Bonchev–Trinajstić information content (AvgIpc) is 3.06. The first-order valence-corrected chi connectivity index (χ1v) is 9.98. The first-order valence-electron chi connectivity index (χ1n) is 9.10. The van der Waals surface area contributed by atoms with Crippen LogP contribution in [-0.2, 0) is 6.54 Å². The van der Waals surface area contributed by atoms with Crippen LogP contribution in [0, 0.1) is 6.92 Å². The van der Waals surface area contributed by atoms with Crippen molar-refractivity contribution in [2.45, 2.75) is 26.0 Å². The average molecular weight is 396 g/mol. The van der Waals surface area contributed by atoms with Crippen molar-refractivity contribution in [3.63, 3.8) is 0 Å². The number of nitrogens with one attached hydrogen (secondary N) is 1. The summed E-state index contributed by atoms with van der Waals surface area (Å²) in [5.74, 6) is 0.567. The summed E-state index contributed by atoms with van der Waals surface area (Å²) in [5.41, 5.74) is 1.90. The minimum Gasteiger partial charge on any atom is -0.385 e. The number of benzene rings is 1. The van der Waals surface area contributed by atoms with Gasteiger partial charge in [-0.15, -0.1) is 24.5 Å². The van der Waals surface area contributed by atoms with Crippen molar-refractivity contribution in [3.05, 3.63) is 76.7 Å². The molecule has 0 aliphatic rings. The highest BCUT2D eigenvalue weighted by atomic mass is 32.1. The highest BCUT2D eigenvalue weighted by Crippen LogP contribution is 2.32. The Morgan fingerprint density at radius 3 is 2.75 bits per heavy atom. The number of nitrogens with zero attached hydrogens (tertiary/aromatic N) is 2. The molecule has 0 radical (unpaired) electrons. The minimum absolute atomic E-state index is 0.145. The lowest BCUT2D eigenvalue weighted by atomic mass is 10.0. The van der Waals surface area contributed by atoms with E-state index in [0.717, 1.165) is 16.7 Å². The Balaban J connectivity index is 1.96. The topological polar surface area (TPSA) is 69.2 Å². The molecule has 0 fully saturated rings. The molecule has 0 aliphatic carbocycles. The highest BCUT2D eigenvalue weighted by Gasteiger charge is 2.21. The van der Waals surface area contributed by atoms with Crippen LogP contribution in [0.1, 0.15) is 18.3 Å². The van der Waals surface area contributed by atoms with E-state index in [-0.39, 0.29) is 5.56 Å². The second kappa shape index (κ2) is 8.22. The van der Waals surface area contributed by atoms with Crippen molar-refractivity contribution in [1.29, 1.82) is 0 Å². The number of rotatable bonds is 8. The third-order valence-electron chi connectivity index (χ3n) is 4.67. The molecule has 28 heavy (non-hydrogen) atoms. The largest absolute Gasteiger partial charge is 0.385 e. The maximum atomic E-state index is 12.9. The number of aromatic nitrogens is 2. The molecule has 2 heterocycles. The van der Waals surface area contributed by atoms with Crippen LogP contribution in [0.15, 0.2) is 59.7 Å². The predicted octanol–water partition coefficient (Wildman–Crippen LogP) is 3.89. The van der Waals surface area contributed by atoms with E-state index in [1.165, 1.54) is 17.4 Å². The van der Waals surface area contributed by atoms with E-state index in [1.54, 1.807) is 13.0 Å². The van der Waals surface area contributed by atoms with Crippen LogP contribution in [0.2, 0.25) is 0 Å². The molecule has 1 atom stereocenters. The van der Waals surface area contributed by atoms with E-state index in [2.05, 4.69) is 23.1 Å². The molecule has 0 bridgehead atoms. The minimum atomic E-state index is -1.03. The van der Waals surface area contributed by atoms with E-state index in [9.17, 15) is 9.90 Å². The number of H-pyrrole nitrogens is 1. The van der Waals surface area contributed by atoms with Crippen molar-refractivity contribution in [3.8, 4) is 11.1 Å². The van der Waals surface area contributed by atoms with Gasteiger partial charge in [-0.2, -0.15) is 0 Å². The van der Waals surface area contributed by atoms with Crippen LogP contribution in [0.25, 0.3) is 21.3 Å². The molecule has 3 rings (SSSR count). The summed E-state index contributed by atoms with van der Waals surface area (Å²) < 4.78 is 0. The molecular weight excluding hydrogens is 370 g/mol. The fraction of sp³-hybridized carbons (Fsp3) is 0.273. The molecule has 146 valence electrons. The van der Waals surface area contributed by atoms with Crippen molar-refractivity contribution in [1.82, 2.24) is 14.9 Å². The van der Waals surface area contributed by atoms with Gasteiger partial charge in [-0.3, -0.25) is 9.69 Å². The fourth-order valence-corrected chi connectivity index (χ4v) is 4.20. The van der Waals surface area contributed by atoms with Crippen LogP contribution >= 0.6 is 11.3 Å². The van der Waals surface area contributed by atoms with Crippen LogP contribution in [0.5, 0.6) is 0 Å². The van der Waals surface area contributed by atoms with Gasteiger partial charge in [0, 0.05) is 24.0 Å². The molecule has 0 spiro atoms. The Hall–Kier alpha value is -2.54. The fourth-order valence-electron chi connectivity index (χ4n) is 3.24. The molecule has 5 nitrogen and oxygen atoms in total. The molecule has 0 saturated heterocycles. The van der Waals surface area contributed by atoms with Crippen molar-refractivity contribution >= 4 is 21.6 Å². The van der Waals surface area contributed by atoms with Gasteiger partial charge < -0.3 is 10.1 Å². The zero-order chi connectivity index (χ0) is 20.3. The smallest absolute Gasteiger partial charge is 0.260 e. The zero-order valence-corrected chi connectivity index (χ0v) is 17.1. The van der Waals surface area contributed by atoms with E-state index >= 15 is 0 Å². The number of thiophene rings is 1. The van der Waals surface area contributed by atoms with Gasteiger partial charge in [0.25, 0.3) is 5.56 Å². The molecular formula is C22H25N3O2S. The first kappa shape index (κ1) is 20.2. The van der Waals surface area contributed by atoms with Gasteiger partial charge in [0.1, 0.15) is 10.7 Å². The Kier molecular flexibility index (Phi) is 5.93. The van der Waals surface area contributed by atoms with E-state index in [1.807, 2.05) is 41.5 Å². The molecule has 0 amide bonds. The quantitative estimate of drug-likeness (QED) is 0.568. The Morgan fingerprint density at radius 2 is 2.07 bits per heavy atom. The molecule has 1 aromatic carbocycles. The van der Waals surface area contributed by atoms with Crippen molar-refractivity contribution in [2.24, 2.45) is 0 Å². The Bertz CT molecular complexity index is 1070. The van der Waals surface area contributed by atoms with Gasteiger partial charge in [0.2, 0.25) is 0 Å². The van der Waals surface area contributed by atoms with E-state index in [0.29, 0.717) is 35.7 Å². The van der Waals surface area contributed by atoms with Crippen molar-refractivity contribution < 1.29 is 5.11 Å². The molecule has 0 saturated carbocycles. The summed E-state index contributed by atoms with van der Waals surface area (Å²) >= 11 is 1.47. The molecule has 6 heteroatoms. The molecule has 3 aromatic rings. The standard InChI is InChI=1S/C22H25N3O2S/c1-5-11-25(14-22(4,27)6-2)12-18-23-20(26)19-17(13-28-21(19)24-18)16-10-8-7-9-15(16)3/h5-10,13,27H,1-2,11-12,14H2,3-4H3,(H,23,24,26). The first-order chi connectivity index (χ1) is 13.3. The van der Waals surface area contributed by atoms with Crippen LogP contribution in [-0.4, -0.2) is 38.7 Å². The SMILES string of the molecule is C=CCN(Cc1nc2scc(-c3ccccc3C)c2c(=O)[nH]1)CC(C)(O)C=C. The number of aromatic amines is 1. The predicted molar refractivity (Wildman–Crippen MR) is 117 cm³/mol. The molecule has 1 unspecified atom stereocenters. The Morgan fingerprint density at radius 1 is 1.32 bits per heavy atom. The Labute approximate surface area is 168 Å². The second-order valence-electron chi connectivity index (χ2n) is 7.18.